The lowest BCUT2D eigenvalue weighted by Gasteiger charge is -2.20. The number of ether oxygens (including phenoxy) is 1. The van der Waals surface area contributed by atoms with Crippen LogP contribution in [0.5, 0.6) is 5.75 Å². The van der Waals surface area contributed by atoms with Crippen molar-refractivity contribution < 1.29 is 27.5 Å². The molecule has 2 rings (SSSR count). The molecule has 0 aliphatic rings. The number of carbonyl (C=O) groups excluding carboxylic acids is 2. The third kappa shape index (κ3) is 5.97. The van der Waals surface area contributed by atoms with Gasteiger partial charge in [-0.25, -0.2) is 13.2 Å². The number of nitrogens with one attached hydrogen (secondary N) is 2. The molecule has 0 saturated heterocycles. The molecule has 0 saturated carbocycles. The minimum absolute atomic E-state index is 0.0121. The fourth-order valence-corrected chi connectivity index (χ4v) is 2.42. The van der Waals surface area contributed by atoms with Crippen molar-refractivity contribution in [3.8, 4) is 5.75 Å². The molecule has 5 nitrogen and oxygen atoms in total. The number of halogens is 3. The van der Waals surface area contributed by atoms with Gasteiger partial charge < -0.3 is 15.4 Å². The Kier molecular flexibility index (Phi) is 6.89. The van der Waals surface area contributed by atoms with Crippen molar-refractivity contribution >= 4 is 17.5 Å². The van der Waals surface area contributed by atoms with Crippen LogP contribution in [-0.4, -0.2) is 24.5 Å². The average molecular weight is 408 g/mol. The van der Waals surface area contributed by atoms with Gasteiger partial charge in [0, 0.05) is 0 Å². The Labute approximate surface area is 167 Å². The summed E-state index contributed by atoms with van der Waals surface area (Å²) in [4.78, 5) is 23.9. The average Bonchev–Trinajstić information content (AvgIpc) is 2.66. The SMILES string of the molecule is CC(Oc1ccc(C(C)(C)C)cc1)C(=O)NCC(=O)Nc1ccc(F)c(F)c1F. The van der Waals surface area contributed by atoms with Crippen LogP contribution in [0.15, 0.2) is 36.4 Å². The van der Waals surface area contributed by atoms with E-state index >= 15 is 0 Å². The van der Waals surface area contributed by atoms with Gasteiger partial charge in [0.2, 0.25) is 5.91 Å². The van der Waals surface area contributed by atoms with Crippen molar-refractivity contribution in [2.75, 3.05) is 11.9 Å². The van der Waals surface area contributed by atoms with Crippen LogP contribution in [0.1, 0.15) is 33.3 Å². The van der Waals surface area contributed by atoms with Gasteiger partial charge in [0.05, 0.1) is 12.2 Å². The van der Waals surface area contributed by atoms with Crippen LogP contribution in [0, 0.1) is 17.5 Å². The predicted molar refractivity (Wildman–Crippen MR) is 103 cm³/mol. The third-order valence-electron chi connectivity index (χ3n) is 4.13. The summed E-state index contributed by atoms with van der Waals surface area (Å²) >= 11 is 0. The summed E-state index contributed by atoms with van der Waals surface area (Å²) in [5, 5.41) is 4.40. The molecule has 0 aromatic heterocycles. The highest BCUT2D eigenvalue weighted by Gasteiger charge is 2.19. The number of hydrogen-bond acceptors (Lipinski definition) is 3. The Balaban J connectivity index is 1.86. The van der Waals surface area contributed by atoms with E-state index in [2.05, 4.69) is 31.4 Å². The van der Waals surface area contributed by atoms with E-state index in [0.717, 1.165) is 11.6 Å². The highest BCUT2D eigenvalue weighted by molar-refractivity contribution is 5.95. The highest BCUT2D eigenvalue weighted by atomic mass is 19.2. The second-order valence-electron chi connectivity index (χ2n) is 7.52. The van der Waals surface area contributed by atoms with E-state index in [0.29, 0.717) is 11.8 Å². The molecule has 29 heavy (non-hydrogen) atoms. The zero-order chi connectivity index (χ0) is 21.8. The fourth-order valence-electron chi connectivity index (χ4n) is 2.42. The lowest BCUT2D eigenvalue weighted by molar-refractivity contribution is -0.129. The summed E-state index contributed by atoms with van der Waals surface area (Å²) in [6.45, 7) is 7.26. The first-order chi connectivity index (χ1) is 13.5. The summed E-state index contributed by atoms with van der Waals surface area (Å²) < 4.78 is 45.2. The number of amides is 2. The summed E-state index contributed by atoms with van der Waals surface area (Å²) in [5.74, 6) is -5.44. The van der Waals surface area contributed by atoms with Gasteiger partial charge in [0.15, 0.2) is 23.6 Å². The molecule has 2 N–H and O–H groups in total. The fraction of sp³-hybridized carbons (Fsp3) is 0.333. The monoisotopic (exact) mass is 408 g/mol. The summed E-state index contributed by atoms with van der Waals surface area (Å²) in [6.07, 6.45) is -0.886. The summed E-state index contributed by atoms with van der Waals surface area (Å²) in [6, 6.07) is 8.90. The van der Waals surface area contributed by atoms with Crippen LogP contribution in [0.4, 0.5) is 18.9 Å². The van der Waals surface area contributed by atoms with Crippen LogP contribution in [0.3, 0.4) is 0 Å². The molecule has 0 aliphatic heterocycles. The molecule has 0 radical (unpaired) electrons. The Morgan fingerprint density at radius 2 is 1.62 bits per heavy atom. The molecule has 0 fully saturated rings. The standard InChI is InChI=1S/C21H23F3N2O3/c1-12(29-14-7-5-13(6-8-14)21(2,3)4)20(28)25-11-17(27)26-16-10-9-15(22)18(23)19(16)24/h5-10,12H,11H2,1-4H3,(H,25,28)(H,26,27). The van der Waals surface area contributed by atoms with Crippen molar-refractivity contribution in [1.29, 1.82) is 0 Å². The highest BCUT2D eigenvalue weighted by Crippen LogP contribution is 2.24. The maximum absolute atomic E-state index is 13.6. The van der Waals surface area contributed by atoms with E-state index in [4.69, 9.17) is 4.74 Å². The van der Waals surface area contributed by atoms with Gasteiger partial charge in [-0.1, -0.05) is 32.9 Å². The molecule has 2 amide bonds. The molecule has 1 atom stereocenters. The molecular weight excluding hydrogens is 385 g/mol. The van der Waals surface area contributed by atoms with Crippen molar-refractivity contribution in [2.45, 2.75) is 39.2 Å². The van der Waals surface area contributed by atoms with Crippen LogP contribution < -0.4 is 15.4 Å². The number of rotatable bonds is 6. The van der Waals surface area contributed by atoms with Gasteiger partial charge >= 0.3 is 0 Å². The summed E-state index contributed by atoms with van der Waals surface area (Å²) in [7, 11) is 0. The number of anilines is 1. The Hall–Kier alpha value is -3.03. The maximum Gasteiger partial charge on any atom is 0.261 e. The van der Waals surface area contributed by atoms with Crippen molar-refractivity contribution in [2.24, 2.45) is 0 Å². The van der Waals surface area contributed by atoms with Crippen molar-refractivity contribution in [3.05, 3.63) is 59.4 Å². The van der Waals surface area contributed by atoms with Crippen LogP contribution >= 0.6 is 0 Å². The first-order valence-electron chi connectivity index (χ1n) is 8.97. The van der Waals surface area contributed by atoms with Crippen LogP contribution in [-0.2, 0) is 15.0 Å². The molecule has 0 spiro atoms. The van der Waals surface area contributed by atoms with E-state index in [1.165, 1.54) is 6.92 Å². The Bertz CT molecular complexity index is 893. The lowest BCUT2D eigenvalue weighted by Crippen LogP contribution is -2.40. The number of hydrogen-bond donors (Lipinski definition) is 2. The van der Waals surface area contributed by atoms with Gasteiger partial charge in [-0.05, 0) is 42.2 Å². The largest absolute Gasteiger partial charge is 0.481 e. The molecule has 0 bridgehead atoms. The molecule has 2 aromatic rings. The lowest BCUT2D eigenvalue weighted by atomic mass is 9.87. The first-order valence-corrected chi connectivity index (χ1v) is 8.97. The zero-order valence-electron chi connectivity index (χ0n) is 16.6. The van der Waals surface area contributed by atoms with E-state index in [9.17, 15) is 22.8 Å². The Morgan fingerprint density at radius 3 is 2.21 bits per heavy atom. The number of carbonyl (C=O) groups is 2. The van der Waals surface area contributed by atoms with Crippen molar-refractivity contribution in [1.82, 2.24) is 5.32 Å². The van der Waals surface area contributed by atoms with Crippen LogP contribution in [0.25, 0.3) is 0 Å². The maximum atomic E-state index is 13.6. The van der Waals surface area contributed by atoms with E-state index in [1.807, 2.05) is 12.1 Å². The van der Waals surface area contributed by atoms with E-state index in [1.54, 1.807) is 12.1 Å². The number of benzene rings is 2. The van der Waals surface area contributed by atoms with Gasteiger partial charge in [-0.2, -0.15) is 0 Å². The third-order valence-corrected chi connectivity index (χ3v) is 4.13. The minimum atomic E-state index is -1.69. The molecule has 156 valence electrons. The molecule has 8 heteroatoms. The Morgan fingerprint density at radius 1 is 1.00 bits per heavy atom. The van der Waals surface area contributed by atoms with Gasteiger partial charge in [-0.3, -0.25) is 9.59 Å². The molecule has 0 heterocycles. The van der Waals surface area contributed by atoms with E-state index < -0.39 is 47.6 Å². The molecule has 1 unspecified atom stereocenters. The molecule has 0 aliphatic carbocycles. The minimum Gasteiger partial charge on any atom is -0.481 e. The second kappa shape index (κ2) is 8.98. The second-order valence-corrected chi connectivity index (χ2v) is 7.52. The van der Waals surface area contributed by atoms with E-state index in [-0.39, 0.29) is 5.41 Å². The topological polar surface area (TPSA) is 67.4 Å². The van der Waals surface area contributed by atoms with Crippen LogP contribution in [0.2, 0.25) is 0 Å². The summed E-state index contributed by atoms with van der Waals surface area (Å²) in [5.41, 5.74) is 0.580. The van der Waals surface area contributed by atoms with Gasteiger partial charge in [-0.15, -0.1) is 0 Å². The molecular formula is C21H23F3N2O3. The first kappa shape index (κ1) is 22.3. The quantitative estimate of drug-likeness (QED) is 0.712. The zero-order valence-corrected chi connectivity index (χ0v) is 16.6. The van der Waals surface area contributed by atoms with Gasteiger partial charge in [0.25, 0.3) is 5.91 Å². The normalized spacial score (nSPS) is 12.2. The van der Waals surface area contributed by atoms with Gasteiger partial charge in [0.1, 0.15) is 5.75 Å². The van der Waals surface area contributed by atoms with Crippen molar-refractivity contribution in [3.63, 3.8) is 0 Å². The molecule has 2 aromatic carbocycles. The smallest absolute Gasteiger partial charge is 0.261 e. The predicted octanol–water partition coefficient (Wildman–Crippen LogP) is 3.92.